The van der Waals surface area contributed by atoms with E-state index in [4.69, 9.17) is 0 Å². The number of nitrogens with one attached hydrogen (secondary N) is 1. The Morgan fingerprint density at radius 2 is 2.05 bits per heavy atom. The quantitative estimate of drug-likeness (QED) is 0.814. The van der Waals surface area contributed by atoms with Gasteiger partial charge >= 0.3 is 0 Å². The summed E-state index contributed by atoms with van der Waals surface area (Å²) < 4.78 is 0. The number of carbonyl (C=O) groups is 1. The predicted octanol–water partition coefficient (Wildman–Crippen LogP) is 1.09. The summed E-state index contributed by atoms with van der Waals surface area (Å²) in [7, 11) is 0. The largest absolute Gasteiger partial charge is 0.393 e. The van der Waals surface area contributed by atoms with E-state index in [1.54, 1.807) is 18.5 Å². The normalized spacial score (nSPS) is 29.1. The fraction of sp³-hybridized carbons (Fsp3) is 0.500. The highest BCUT2D eigenvalue weighted by Gasteiger charge is 2.43. The molecule has 4 rings (SSSR count). The summed E-state index contributed by atoms with van der Waals surface area (Å²) >= 11 is 0. The summed E-state index contributed by atoms with van der Waals surface area (Å²) in [5.74, 6) is -0.0269. The van der Waals surface area contributed by atoms with Gasteiger partial charge in [-0.25, -0.2) is 0 Å². The average molecular weight is 272 g/mol. The zero-order valence-corrected chi connectivity index (χ0v) is 11.0. The number of nitrogens with zero attached hydrogens (tertiary/aromatic N) is 3. The summed E-state index contributed by atoms with van der Waals surface area (Å²) in [5.41, 5.74) is 1.28. The molecule has 2 aromatic heterocycles. The molecule has 2 saturated heterocycles. The average Bonchev–Trinajstić information content (AvgIpc) is 3.00. The van der Waals surface area contributed by atoms with Gasteiger partial charge < -0.3 is 10.0 Å². The molecule has 104 valence electrons. The third-order valence-electron chi connectivity index (χ3n) is 4.49. The number of aromatic nitrogens is 3. The third-order valence-corrected chi connectivity index (χ3v) is 4.49. The highest BCUT2D eigenvalue weighted by molar-refractivity contribution is 5.96. The zero-order valence-electron chi connectivity index (χ0n) is 11.0. The molecule has 0 radical (unpaired) electrons. The summed E-state index contributed by atoms with van der Waals surface area (Å²) in [6.45, 7) is 0. The van der Waals surface area contributed by atoms with Gasteiger partial charge in [0, 0.05) is 23.7 Å². The molecule has 6 heteroatoms. The van der Waals surface area contributed by atoms with Crippen LogP contribution in [0, 0.1) is 0 Å². The molecule has 2 bridgehead atoms. The zero-order chi connectivity index (χ0) is 13.7. The molecular weight excluding hydrogens is 256 g/mol. The van der Waals surface area contributed by atoms with Crippen molar-refractivity contribution in [2.75, 3.05) is 0 Å². The van der Waals surface area contributed by atoms with Gasteiger partial charge in [0.05, 0.1) is 17.8 Å². The Morgan fingerprint density at radius 1 is 1.30 bits per heavy atom. The lowest BCUT2D eigenvalue weighted by Crippen LogP contribution is -2.48. The molecule has 0 aromatic carbocycles. The van der Waals surface area contributed by atoms with Crippen LogP contribution in [0.1, 0.15) is 36.2 Å². The maximum atomic E-state index is 12.7. The summed E-state index contributed by atoms with van der Waals surface area (Å²) in [5, 5.41) is 17.5. The molecule has 20 heavy (non-hydrogen) atoms. The lowest BCUT2D eigenvalue weighted by atomic mass is 9.99. The molecule has 0 spiro atoms. The fourth-order valence-corrected chi connectivity index (χ4v) is 3.57. The van der Waals surface area contributed by atoms with Gasteiger partial charge in [0.2, 0.25) is 0 Å². The standard InChI is InChI=1S/C14H16N4O2/c19-11-3-9-1-2-10(4-11)18(9)14(20)13-5-12-8(6-15-13)7-16-17-12/h5-7,9-11,19H,1-4H2,(H,16,17). The molecular formula is C14H16N4O2. The van der Waals surface area contributed by atoms with Crippen molar-refractivity contribution in [3.8, 4) is 0 Å². The van der Waals surface area contributed by atoms with Crippen molar-refractivity contribution >= 4 is 16.8 Å². The predicted molar refractivity (Wildman–Crippen MR) is 72.1 cm³/mol. The molecule has 2 aliphatic rings. The van der Waals surface area contributed by atoms with E-state index >= 15 is 0 Å². The Hall–Kier alpha value is -1.95. The van der Waals surface area contributed by atoms with Crippen LogP contribution in [0.5, 0.6) is 0 Å². The molecule has 2 aliphatic heterocycles. The van der Waals surface area contributed by atoms with Gasteiger partial charge in [0.25, 0.3) is 5.91 Å². The Morgan fingerprint density at radius 3 is 2.80 bits per heavy atom. The first-order valence-corrected chi connectivity index (χ1v) is 7.02. The minimum absolute atomic E-state index is 0.0269. The van der Waals surface area contributed by atoms with Crippen molar-refractivity contribution in [3.05, 3.63) is 24.2 Å². The van der Waals surface area contributed by atoms with Crippen molar-refractivity contribution < 1.29 is 9.90 Å². The number of amides is 1. The van der Waals surface area contributed by atoms with Crippen LogP contribution in [0.2, 0.25) is 0 Å². The minimum Gasteiger partial charge on any atom is -0.393 e. The van der Waals surface area contributed by atoms with Crippen LogP contribution in [0.4, 0.5) is 0 Å². The molecule has 1 amide bonds. The molecule has 2 fully saturated rings. The number of hydrogen-bond acceptors (Lipinski definition) is 4. The number of aliphatic hydroxyl groups is 1. The van der Waals surface area contributed by atoms with E-state index in [0.717, 1.165) is 23.7 Å². The number of piperidine rings is 1. The first-order chi connectivity index (χ1) is 9.72. The van der Waals surface area contributed by atoms with Gasteiger partial charge in [-0.3, -0.25) is 14.9 Å². The van der Waals surface area contributed by atoms with Gasteiger partial charge in [-0.2, -0.15) is 5.10 Å². The van der Waals surface area contributed by atoms with Gasteiger partial charge in [-0.1, -0.05) is 0 Å². The minimum atomic E-state index is -0.264. The van der Waals surface area contributed by atoms with Crippen molar-refractivity contribution in [2.24, 2.45) is 0 Å². The highest BCUT2D eigenvalue weighted by Crippen LogP contribution is 2.36. The van der Waals surface area contributed by atoms with E-state index in [0.29, 0.717) is 18.5 Å². The Bertz CT molecular complexity index is 654. The first kappa shape index (κ1) is 11.8. The van der Waals surface area contributed by atoms with Crippen molar-refractivity contribution in [1.29, 1.82) is 0 Å². The number of carbonyl (C=O) groups excluding carboxylic acids is 1. The van der Waals surface area contributed by atoms with Crippen molar-refractivity contribution in [2.45, 2.75) is 43.9 Å². The number of hydrogen-bond donors (Lipinski definition) is 2. The number of rotatable bonds is 1. The molecule has 0 saturated carbocycles. The van der Waals surface area contributed by atoms with Crippen LogP contribution in [0.15, 0.2) is 18.5 Å². The lowest BCUT2D eigenvalue weighted by molar-refractivity contribution is 0.0282. The summed E-state index contributed by atoms with van der Waals surface area (Å²) in [4.78, 5) is 18.9. The summed E-state index contributed by atoms with van der Waals surface area (Å²) in [6, 6.07) is 2.08. The van der Waals surface area contributed by atoms with Gasteiger partial charge in [0.15, 0.2) is 0 Å². The van der Waals surface area contributed by atoms with Gasteiger partial charge in [-0.15, -0.1) is 0 Å². The monoisotopic (exact) mass is 272 g/mol. The maximum Gasteiger partial charge on any atom is 0.273 e. The van der Waals surface area contributed by atoms with Gasteiger partial charge in [-0.05, 0) is 31.7 Å². The molecule has 0 aliphatic carbocycles. The Kier molecular flexibility index (Phi) is 2.53. The third kappa shape index (κ3) is 1.71. The van der Waals surface area contributed by atoms with Crippen LogP contribution in [-0.4, -0.2) is 49.3 Å². The molecule has 2 N–H and O–H groups in total. The molecule has 4 heterocycles. The van der Waals surface area contributed by atoms with E-state index < -0.39 is 0 Å². The van der Waals surface area contributed by atoms with Crippen LogP contribution in [0.25, 0.3) is 10.9 Å². The highest BCUT2D eigenvalue weighted by atomic mass is 16.3. The van der Waals surface area contributed by atoms with E-state index in [-0.39, 0.29) is 24.1 Å². The van der Waals surface area contributed by atoms with E-state index in [2.05, 4.69) is 15.2 Å². The van der Waals surface area contributed by atoms with Gasteiger partial charge in [0.1, 0.15) is 5.69 Å². The summed E-state index contributed by atoms with van der Waals surface area (Å²) in [6.07, 6.45) is 6.45. The SMILES string of the molecule is O=C(c1cc2[nH]ncc2cn1)N1C2CCC1CC(O)C2. The number of pyridine rings is 1. The number of aliphatic hydroxyl groups excluding tert-OH is 1. The Balaban J connectivity index is 1.66. The van der Waals surface area contributed by atoms with E-state index in [1.807, 2.05) is 4.90 Å². The van der Waals surface area contributed by atoms with E-state index in [9.17, 15) is 9.90 Å². The second-order valence-corrected chi connectivity index (χ2v) is 5.75. The van der Waals surface area contributed by atoms with Crippen LogP contribution >= 0.6 is 0 Å². The molecule has 2 aromatic rings. The number of aromatic amines is 1. The topological polar surface area (TPSA) is 82.1 Å². The maximum absolute atomic E-state index is 12.7. The Labute approximate surface area is 115 Å². The van der Waals surface area contributed by atoms with Crippen molar-refractivity contribution in [1.82, 2.24) is 20.1 Å². The second-order valence-electron chi connectivity index (χ2n) is 5.75. The smallest absolute Gasteiger partial charge is 0.273 e. The molecule has 2 unspecified atom stereocenters. The van der Waals surface area contributed by atoms with Crippen LogP contribution in [0.3, 0.4) is 0 Å². The fourth-order valence-electron chi connectivity index (χ4n) is 3.57. The number of fused-ring (bicyclic) bond motifs is 3. The number of H-pyrrole nitrogens is 1. The second kappa shape index (κ2) is 4.28. The molecule has 2 atom stereocenters. The van der Waals surface area contributed by atoms with Crippen LogP contribution < -0.4 is 0 Å². The van der Waals surface area contributed by atoms with Crippen LogP contribution in [-0.2, 0) is 0 Å². The molecule has 6 nitrogen and oxygen atoms in total. The lowest BCUT2D eigenvalue weighted by Gasteiger charge is -2.36. The first-order valence-electron chi connectivity index (χ1n) is 7.02. The van der Waals surface area contributed by atoms with E-state index in [1.165, 1.54) is 0 Å². The van der Waals surface area contributed by atoms with Crippen molar-refractivity contribution in [3.63, 3.8) is 0 Å².